The van der Waals surface area contributed by atoms with Gasteiger partial charge in [0.15, 0.2) is 0 Å². The van der Waals surface area contributed by atoms with E-state index in [1.54, 1.807) is 0 Å². The van der Waals surface area contributed by atoms with Gasteiger partial charge in [-0.25, -0.2) is 0 Å². The standard InChI is InChI=1S/CH2BrCl.BrH/c2-1-3;/h1H2;1H. The number of halogens is 3. The molecule has 0 rings (SSSR count). The highest BCUT2D eigenvalue weighted by Crippen LogP contribution is 1.78. The van der Waals surface area contributed by atoms with Crippen LogP contribution in [-0.4, -0.2) is 4.79 Å². The summed E-state index contributed by atoms with van der Waals surface area (Å²) in [5, 5.41) is 0. The molecule has 0 aromatic heterocycles. The minimum atomic E-state index is 0. The van der Waals surface area contributed by atoms with Gasteiger partial charge in [0, 0.05) is 0 Å². The third kappa shape index (κ3) is 10.5. The van der Waals surface area contributed by atoms with Gasteiger partial charge in [-0.2, -0.15) is 0 Å². The molecule has 0 saturated carbocycles. The average Bonchev–Trinajstić information content (AvgIpc) is 0.918. The van der Waals surface area contributed by atoms with Crippen LogP contribution in [-0.2, 0) is 0 Å². The molecule has 0 radical (unpaired) electrons. The maximum absolute atomic E-state index is 4.92. The molecule has 0 unspecified atom stereocenters. The second kappa shape index (κ2) is 8.87. The molecule has 3 heteroatoms. The van der Waals surface area contributed by atoms with E-state index in [9.17, 15) is 0 Å². The van der Waals surface area contributed by atoms with Crippen molar-refractivity contribution in [3.05, 3.63) is 0 Å². The molecule has 0 bridgehead atoms. The molecular formula is CH3Br2Cl. The van der Waals surface area contributed by atoms with Crippen molar-refractivity contribution in [2.45, 2.75) is 0 Å². The molecule has 0 amide bonds. The predicted molar refractivity (Wildman–Crippen MR) is 30.0 cm³/mol. The summed E-state index contributed by atoms with van der Waals surface area (Å²) >= 11 is 7.83. The first-order valence-corrected chi connectivity index (χ1v) is 2.19. The van der Waals surface area contributed by atoms with Crippen LogP contribution in [0.25, 0.3) is 0 Å². The second-order valence-electron chi connectivity index (χ2n) is 0.101. The van der Waals surface area contributed by atoms with E-state index < -0.39 is 0 Å². The third-order valence-corrected chi connectivity index (χ3v) is 0. The maximum Gasteiger partial charge on any atom is 0.0778 e. The topological polar surface area (TPSA) is 0 Å². The van der Waals surface area contributed by atoms with Gasteiger partial charge in [0.05, 0.1) is 4.79 Å². The molecule has 0 aromatic rings. The molecule has 0 saturated heterocycles. The van der Waals surface area contributed by atoms with E-state index in [0.29, 0.717) is 4.79 Å². The molecule has 0 N–H and O–H groups in total. The highest BCUT2D eigenvalue weighted by atomic mass is 79.9. The lowest BCUT2D eigenvalue weighted by atomic mass is 12.0. The zero-order chi connectivity index (χ0) is 2.71. The predicted octanol–water partition coefficient (Wildman–Crippen LogP) is 2.16. The molecule has 0 fully saturated rings. The Morgan fingerprint density at radius 2 is 1.75 bits per heavy atom. The molecule has 0 nitrogen and oxygen atoms in total. The van der Waals surface area contributed by atoms with Gasteiger partial charge in [0.25, 0.3) is 0 Å². The Labute approximate surface area is 49.4 Å². The molecule has 0 spiro atoms. The summed E-state index contributed by atoms with van der Waals surface area (Å²) in [5.41, 5.74) is 0. The van der Waals surface area contributed by atoms with E-state index in [4.69, 9.17) is 11.6 Å². The van der Waals surface area contributed by atoms with Gasteiger partial charge >= 0.3 is 0 Å². The Morgan fingerprint density at radius 1 is 1.75 bits per heavy atom. The molecule has 0 aromatic carbocycles. The van der Waals surface area contributed by atoms with Gasteiger partial charge in [0.1, 0.15) is 0 Å². The summed E-state index contributed by atoms with van der Waals surface area (Å²) in [6, 6.07) is 0. The van der Waals surface area contributed by atoms with Gasteiger partial charge < -0.3 is 0 Å². The SMILES string of the molecule is Br.ClCBr. The zero-order valence-electron chi connectivity index (χ0n) is 1.87. The van der Waals surface area contributed by atoms with Crippen molar-refractivity contribution in [1.29, 1.82) is 0 Å². The van der Waals surface area contributed by atoms with Crippen LogP contribution in [0.2, 0.25) is 0 Å². The summed E-state index contributed by atoms with van der Waals surface area (Å²) in [4.78, 5) is 0.535. The lowest BCUT2D eigenvalue weighted by molar-refractivity contribution is 2.32. The molecule has 0 heterocycles. The van der Waals surface area contributed by atoms with Crippen LogP contribution in [0.1, 0.15) is 0 Å². The van der Waals surface area contributed by atoms with Gasteiger partial charge in [0.2, 0.25) is 0 Å². The Kier molecular flexibility index (Phi) is 19.9. The van der Waals surface area contributed by atoms with Gasteiger partial charge in [-0.15, -0.1) is 28.6 Å². The molecular weight excluding hydrogens is 207 g/mol. The second-order valence-corrected chi connectivity index (χ2v) is 1.57. The van der Waals surface area contributed by atoms with Crippen LogP contribution in [0.15, 0.2) is 0 Å². The van der Waals surface area contributed by atoms with E-state index in [2.05, 4.69) is 15.9 Å². The fourth-order valence-corrected chi connectivity index (χ4v) is 0. The van der Waals surface area contributed by atoms with E-state index in [-0.39, 0.29) is 17.0 Å². The minimum absolute atomic E-state index is 0. The Balaban J connectivity index is 0. The lowest BCUT2D eigenvalue weighted by Crippen LogP contribution is -1.21. The fraction of sp³-hybridized carbons (Fsp3) is 1.00. The molecule has 28 valence electrons. The van der Waals surface area contributed by atoms with Gasteiger partial charge in [-0.05, 0) is 0 Å². The Morgan fingerprint density at radius 3 is 1.75 bits per heavy atom. The summed E-state index contributed by atoms with van der Waals surface area (Å²) in [7, 11) is 0. The Hall–Kier alpha value is 1.25. The van der Waals surface area contributed by atoms with Crippen molar-refractivity contribution in [2.75, 3.05) is 4.79 Å². The first-order valence-electron chi connectivity index (χ1n) is 0.535. The summed E-state index contributed by atoms with van der Waals surface area (Å²) < 4.78 is 0. The van der Waals surface area contributed by atoms with Crippen molar-refractivity contribution >= 4 is 44.5 Å². The smallest absolute Gasteiger partial charge is 0.0778 e. The van der Waals surface area contributed by atoms with E-state index >= 15 is 0 Å². The summed E-state index contributed by atoms with van der Waals surface area (Å²) in [5.74, 6) is 0. The number of alkyl halides is 2. The maximum atomic E-state index is 4.92. The van der Waals surface area contributed by atoms with Crippen molar-refractivity contribution < 1.29 is 0 Å². The van der Waals surface area contributed by atoms with Crippen molar-refractivity contribution in [3.63, 3.8) is 0 Å². The first-order chi connectivity index (χ1) is 1.41. The first kappa shape index (κ1) is 8.98. The van der Waals surface area contributed by atoms with Crippen LogP contribution in [0.5, 0.6) is 0 Å². The molecule has 4 heavy (non-hydrogen) atoms. The molecule has 0 aliphatic carbocycles. The summed E-state index contributed by atoms with van der Waals surface area (Å²) in [6.07, 6.45) is 0. The molecule has 0 aliphatic rings. The van der Waals surface area contributed by atoms with E-state index in [0.717, 1.165) is 0 Å². The number of hydrogen-bond acceptors (Lipinski definition) is 0. The Bertz CT molecular complexity index is 6.00. The van der Waals surface area contributed by atoms with Gasteiger partial charge in [-0.1, -0.05) is 15.9 Å². The van der Waals surface area contributed by atoms with Gasteiger partial charge in [-0.3, -0.25) is 0 Å². The highest BCUT2D eigenvalue weighted by Gasteiger charge is 1.41. The lowest BCUT2D eigenvalue weighted by Gasteiger charge is -1.42. The third-order valence-electron chi connectivity index (χ3n) is 0. The van der Waals surface area contributed by atoms with Crippen LogP contribution in [0.3, 0.4) is 0 Å². The van der Waals surface area contributed by atoms with E-state index in [1.807, 2.05) is 0 Å². The molecule has 0 atom stereocenters. The van der Waals surface area contributed by atoms with Crippen molar-refractivity contribution in [1.82, 2.24) is 0 Å². The monoisotopic (exact) mass is 208 g/mol. The quantitative estimate of drug-likeness (QED) is 0.537. The number of rotatable bonds is 0. The van der Waals surface area contributed by atoms with Crippen LogP contribution in [0.4, 0.5) is 0 Å². The van der Waals surface area contributed by atoms with Crippen LogP contribution in [0, 0.1) is 0 Å². The van der Waals surface area contributed by atoms with E-state index in [1.165, 1.54) is 0 Å². The average molecular weight is 210 g/mol. The molecule has 0 aliphatic heterocycles. The van der Waals surface area contributed by atoms with Crippen LogP contribution < -0.4 is 0 Å². The number of hydrogen-bond donors (Lipinski definition) is 0. The summed E-state index contributed by atoms with van der Waals surface area (Å²) in [6.45, 7) is 0. The minimum Gasteiger partial charge on any atom is -0.114 e. The van der Waals surface area contributed by atoms with Crippen LogP contribution >= 0.6 is 44.5 Å². The zero-order valence-corrected chi connectivity index (χ0v) is 5.93. The van der Waals surface area contributed by atoms with Crippen molar-refractivity contribution in [3.8, 4) is 0 Å². The van der Waals surface area contributed by atoms with Crippen molar-refractivity contribution in [2.24, 2.45) is 0 Å². The largest absolute Gasteiger partial charge is 0.114 e. The normalized spacial score (nSPS) is 4.50. The fourth-order valence-electron chi connectivity index (χ4n) is 0. The highest BCUT2D eigenvalue weighted by molar-refractivity contribution is 9.09.